The summed E-state index contributed by atoms with van der Waals surface area (Å²) < 4.78 is 129. The zero-order valence-corrected chi connectivity index (χ0v) is 14.4. The summed E-state index contributed by atoms with van der Waals surface area (Å²) in [5.41, 5.74) is -12.4. The number of carbonyl (C=O) groups is 2. The molecule has 0 aromatic rings. The van der Waals surface area contributed by atoms with Gasteiger partial charge >= 0.3 is 50.7 Å². The number of ether oxygens (including phenoxy) is 2. The van der Waals surface area contributed by atoms with Crippen molar-refractivity contribution < 1.29 is 82.9 Å². The zero-order chi connectivity index (χ0) is 23.0. The Bertz CT molecular complexity index is 652. The van der Waals surface area contributed by atoms with Gasteiger partial charge in [-0.1, -0.05) is 0 Å². The topological polar surface area (TPSA) is 168 Å². The fraction of sp³-hybridized carbons (Fsp3) is 0.750. The summed E-state index contributed by atoms with van der Waals surface area (Å²) in [4.78, 5) is 54.1. The van der Waals surface area contributed by atoms with Gasteiger partial charge in [-0.05, 0) is 0 Å². The van der Waals surface area contributed by atoms with Gasteiger partial charge in [0.15, 0.2) is 0 Å². The maximum Gasteiger partial charge on any atom is 0.479 e. The molecule has 0 unspecified atom stereocenters. The second-order valence-corrected chi connectivity index (χ2v) is 7.95. The fourth-order valence-electron chi connectivity index (χ4n) is 1.05. The van der Waals surface area contributed by atoms with Crippen molar-refractivity contribution in [1.82, 2.24) is 0 Å². The molecule has 0 aliphatic carbocycles. The lowest BCUT2D eigenvalue weighted by atomic mass is 10.3. The molecule has 0 aromatic heterocycles. The Morgan fingerprint density at radius 2 is 0.857 bits per heavy atom. The van der Waals surface area contributed by atoms with Crippen LogP contribution < -0.4 is 0 Å². The van der Waals surface area contributed by atoms with Gasteiger partial charge in [-0.25, -0.2) is 0 Å². The van der Waals surface area contributed by atoms with E-state index >= 15 is 0 Å². The largest absolute Gasteiger partial charge is 0.479 e. The third-order valence-electron chi connectivity index (χ3n) is 2.45. The van der Waals surface area contributed by atoms with Gasteiger partial charge in [-0.2, -0.15) is 35.1 Å². The molecular weight excluding hydrogens is 470 g/mol. The molecule has 0 radical (unpaired) electrons. The Morgan fingerprint density at radius 1 is 0.643 bits per heavy atom. The Morgan fingerprint density at radius 3 is 1.04 bits per heavy atom. The van der Waals surface area contributed by atoms with E-state index in [1.807, 2.05) is 0 Å². The molecule has 0 bridgehead atoms. The van der Waals surface area contributed by atoms with Gasteiger partial charge in [-0.3, -0.25) is 18.7 Å². The first kappa shape index (κ1) is 26.7. The lowest BCUT2D eigenvalue weighted by molar-refractivity contribution is -0.308. The van der Waals surface area contributed by atoms with E-state index in [1.165, 1.54) is 0 Å². The van der Waals surface area contributed by atoms with E-state index in [2.05, 4.69) is 9.47 Å². The molecular formula is C8H8F8O10P2. The van der Waals surface area contributed by atoms with E-state index in [0.29, 0.717) is 0 Å². The van der Waals surface area contributed by atoms with Gasteiger partial charge in [0.1, 0.15) is 0 Å². The Kier molecular flexibility index (Phi) is 7.47. The van der Waals surface area contributed by atoms with Crippen LogP contribution in [0.25, 0.3) is 0 Å². The number of hydrogen-bond donors (Lipinski definition) is 4. The number of alkyl halides is 8. The average Bonchev–Trinajstić information content (AvgIpc) is 2.41. The summed E-state index contributed by atoms with van der Waals surface area (Å²) in [7, 11) is -13.7. The number of hydrogen-bond acceptors (Lipinski definition) is 6. The minimum atomic E-state index is -6.86. The van der Waals surface area contributed by atoms with Crippen molar-refractivity contribution >= 4 is 27.1 Å². The zero-order valence-electron chi connectivity index (χ0n) is 12.6. The highest BCUT2D eigenvalue weighted by Crippen LogP contribution is 2.61. The van der Waals surface area contributed by atoms with Crippen LogP contribution >= 0.6 is 15.2 Å². The van der Waals surface area contributed by atoms with Crippen LogP contribution in [0.5, 0.6) is 0 Å². The molecule has 0 aromatic carbocycles. The number of rotatable bonds is 9. The highest BCUT2D eigenvalue weighted by Gasteiger charge is 2.72. The van der Waals surface area contributed by atoms with Crippen LogP contribution in [0.2, 0.25) is 0 Å². The maximum absolute atomic E-state index is 12.9. The van der Waals surface area contributed by atoms with E-state index in [0.717, 1.165) is 0 Å². The molecule has 0 heterocycles. The van der Waals surface area contributed by atoms with Gasteiger partial charge < -0.3 is 29.0 Å². The molecule has 0 saturated heterocycles. The molecule has 28 heavy (non-hydrogen) atoms. The van der Waals surface area contributed by atoms with Crippen molar-refractivity contribution in [3.63, 3.8) is 0 Å². The van der Waals surface area contributed by atoms with Gasteiger partial charge in [-0.15, -0.1) is 0 Å². The number of esters is 2. The lowest BCUT2D eigenvalue weighted by Gasteiger charge is -2.26. The van der Waals surface area contributed by atoms with Crippen LogP contribution in [0.3, 0.4) is 0 Å². The molecule has 20 heteroatoms. The van der Waals surface area contributed by atoms with Crippen LogP contribution in [0, 0.1) is 0 Å². The molecule has 0 atom stereocenters. The molecule has 166 valence electrons. The Balaban J connectivity index is 5.01. The summed E-state index contributed by atoms with van der Waals surface area (Å²) in [5, 5.41) is 0. The van der Waals surface area contributed by atoms with Crippen molar-refractivity contribution in [3.05, 3.63) is 0 Å². The predicted octanol–water partition coefficient (Wildman–Crippen LogP) is 1.58. The van der Waals surface area contributed by atoms with Crippen LogP contribution in [0.1, 0.15) is 12.8 Å². The molecule has 0 spiro atoms. The third-order valence-corrected chi connectivity index (χ3v) is 4.43. The highest BCUT2D eigenvalue weighted by atomic mass is 31.2. The Labute approximate surface area is 147 Å². The summed E-state index contributed by atoms with van der Waals surface area (Å²) in [5.74, 6) is -5.06. The van der Waals surface area contributed by atoms with Crippen molar-refractivity contribution in [1.29, 1.82) is 0 Å². The molecule has 4 N–H and O–H groups in total. The highest BCUT2D eigenvalue weighted by molar-refractivity contribution is 7.53. The summed E-state index contributed by atoms with van der Waals surface area (Å²) in [6, 6.07) is 0. The fourth-order valence-corrected chi connectivity index (χ4v) is 1.82. The quantitative estimate of drug-likeness (QED) is 0.217. The molecule has 0 fully saturated rings. The SMILES string of the molecule is O=C(CCC(=O)OC(F)(F)C(F)(F)P(=O)(O)O)OC(F)(F)C(F)(F)P(=O)(O)O. The smallest absolute Gasteiger partial charge is 0.396 e. The molecule has 0 amide bonds. The van der Waals surface area contributed by atoms with Gasteiger partial charge in [0, 0.05) is 0 Å². The van der Waals surface area contributed by atoms with E-state index in [-0.39, 0.29) is 0 Å². The second-order valence-electron chi connectivity index (χ2n) is 4.65. The van der Waals surface area contributed by atoms with Gasteiger partial charge in [0.25, 0.3) is 0 Å². The minimum Gasteiger partial charge on any atom is -0.396 e. The van der Waals surface area contributed by atoms with Crippen LogP contribution in [0.4, 0.5) is 35.1 Å². The predicted molar refractivity (Wildman–Crippen MR) is 65.3 cm³/mol. The molecule has 0 rings (SSSR count). The van der Waals surface area contributed by atoms with E-state index in [4.69, 9.17) is 19.6 Å². The van der Waals surface area contributed by atoms with Crippen LogP contribution in [-0.4, -0.2) is 55.1 Å². The summed E-state index contributed by atoms with van der Waals surface area (Å²) >= 11 is 0. The van der Waals surface area contributed by atoms with Gasteiger partial charge in [0.05, 0.1) is 12.8 Å². The average molecular weight is 478 g/mol. The van der Waals surface area contributed by atoms with Crippen molar-refractivity contribution in [2.75, 3.05) is 0 Å². The first-order chi connectivity index (χ1) is 12.0. The Hall–Kier alpha value is -1.32. The molecule has 0 saturated carbocycles. The monoisotopic (exact) mass is 478 g/mol. The van der Waals surface area contributed by atoms with E-state index in [1.54, 1.807) is 0 Å². The van der Waals surface area contributed by atoms with Crippen molar-refractivity contribution in [2.24, 2.45) is 0 Å². The normalized spacial score (nSPS) is 14.6. The third kappa shape index (κ3) is 5.61. The molecule has 0 aliphatic rings. The lowest BCUT2D eigenvalue weighted by Crippen LogP contribution is -2.44. The number of halogens is 8. The number of carbonyl (C=O) groups excluding carboxylic acids is 2. The van der Waals surface area contributed by atoms with Crippen LogP contribution in [0.15, 0.2) is 0 Å². The maximum atomic E-state index is 12.9. The standard InChI is InChI=1S/C8H8F8O10P2/c9-5(10,7(13,14)27(19,20)21)25-3(17)1-2-4(18)26-6(11,12)8(15,16)28(22,23)24/h1-2H2,(H2,19,20,21)(H2,22,23,24). The van der Waals surface area contributed by atoms with Crippen molar-refractivity contribution in [3.8, 4) is 0 Å². The summed E-state index contributed by atoms with van der Waals surface area (Å²) in [6.45, 7) is 0. The first-order valence-corrected chi connectivity index (χ1v) is 9.28. The first-order valence-electron chi connectivity index (χ1n) is 6.06. The molecule has 10 nitrogen and oxygen atoms in total. The minimum absolute atomic E-state index is 1.82. The molecule has 0 aliphatic heterocycles. The summed E-state index contributed by atoms with van der Waals surface area (Å²) in [6.07, 6.45) is -15.9. The second kappa shape index (κ2) is 7.84. The van der Waals surface area contributed by atoms with Crippen molar-refractivity contribution in [2.45, 2.75) is 36.4 Å². The van der Waals surface area contributed by atoms with E-state index < -0.39 is 63.5 Å². The van der Waals surface area contributed by atoms with Crippen LogP contribution in [-0.2, 0) is 28.2 Å². The van der Waals surface area contributed by atoms with Gasteiger partial charge in [0.2, 0.25) is 0 Å². The van der Waals surface area contributed by atoms with E-state index in [9.17, 15) is 53.8 Å².